The summed E-state index contributed by atoms with van der Waals surface area (Å²) in [5, 5.41) is 0. The Morgan fingerprint density at radius 3 is 1.29 bits per heavy atom. The molecule has 0 amide bonds. The minimum Gasteiger partial charge on any atom is -1.00 e. The molecule has 0 aromatic heterocycles. The van der Waals surface area contributed by atoms with E-state index in [9.17, 15) is 0 Å². The zero-order valence-electron chi connectivity index (χ0n) is 4.53. The molecule has 0 aromatic rings. The number of rotatable bonds is 0. The summed E-state index contributed by atoms with van der Waals surface area (Å²) in [5.74, 6) is 0. The van der Waals surface area contributed by atoms with Crippen molar-refractivity contribution in [3.63, 3.8) is 0 Å². The fraction of sp³-hybridized carbons (Fsp3) is 0. The smallest absolute Gasteiger partial charge is 1.00 e. The van der Waals surface area contributed by atoms with Crippen molar-refractivity contribution in [2.45, 2.75) is 0 Å². The molecule has 0 fully saturated rings. The Morgan fingerprint density at radius 1 is 1.29 bits per heavy atom. The van der Waals surface area contributed by atoms with E-state index in [-0.39, 0.29) is 75.0 Å². The molecule has 0 spiro atoms. The molecule has 7 heteroatoms. The third kappa shape index (κ3) is 78.4. The fourth-order valence-corrected chi connectivity index (χ4v) is 0. The first kappa shape index (κ1) is 15.9. The molecular formula is H4CsFO4S. The zero-order valence-corrected chi connectivity index (χ0v) is 10.6. The molecule has 0 aromatic carbocycles. The van der Waals surface area contributed by atoms with E-state index in [2.05, 4.69) is 0 Å². The first-order chi connectivity index (χ1) is 2.00. The third-order valence-electron chi connectivity index (χ3n) is 0. The van der Waals surface area contributed by atoms with Gasteiger partial charge in [0.05, 0.1) is 0 Å². The molecule has 7 heavy (non-hydrogen) atoms. The average Bonchev–Trinajstić information content (AvgIpc) is 0.722. The first-order valence-electron chi connectivity index (χ1n) is 0.698. The summed E-state index contributed by atoms with van der Waals surface area (Å²) in [4.78, 5) is 0. The van der Waals surface area contributed by atoms with Crippen LogP contribution in [0.25, 0.3) is 0 Å². The molecular weight excluding hydrogens is 248 g/mol. The molecule has 4 nitrogen and oxygen atoms in total. The van der Waals surface area contributed by atoms with E-state index < -0.39 is 10.4 Å². The van der Waals surface area contributed by atoms with Gasteiger partial charge in [-0.25, -0.2) is 0 Å². The molecule has 42 valence electrons. The molecule has 0 atom stereocenters. The summed E-state index contributed by atoms with van der Waals surface area (Å²) >= 11 is 0. The van der Waals surface area contributed by atoms with Crippen LogP contribution < -0.4 is 68.9 Å². The summed E-state index contributed by atoms with van der Waals surface area (Å²) in [5.41, 5.74) is 0. The van der Waals surface area contributed by atoms with Crippen LogP contribution in [0.3, 0.4) is 0 Å². The molecule has 0 aliphatic heterocycles. The quantitative estimate of drug-likeness (QED) is 0.441. The van der Waals surface area contributed by atoms with Crippen LogP contribution in [0.5, 0.6) is 0 Å². The van der Waals surface area contributed by atoms with Crippen molar-refractivity contribution in [1.82, 2.24) is 0 Å². The summed E-state index contributed by atoms with van der Waals surface area (Å²) < 4.78 is 31.6. The van der Waals surface area contributed by atoms with E-state index in [1.807, 2.05) is 0 Å². The number of hydrogen-bond acceptors (Lipinski definition) is 2. The van der Waals surface area contributed by atoms with Crippen molar-refractivity contribution in [2.75, 3.05) is 0 Å². The van der Waals surface area contributed by atoms with Crippen LogP contribution in [0, 0.1) is 0 Å². The molecule has 0 rings (SSSR count). The Kier molecular flexibility index (Phi) is 13.6. The first-order valence-corrected chi connectivity index (χ1v) is 2.10. The Morgan fingerprint density at radius 2 is 1.29 bits per heavy atom. The predicted octanol–water partition coefficient (Wildman–Crippen LogP) is -3.38. The van der Waals surface area contributed by atoms with Gasteiger partial charge in [-0.05, 0) is 0 Å². The van der Waals surface area contributed by atoms with Gasteiger partial charge in [-0.3, -0.25) is 13.8 Å². The monoisotopic (exact) mass is 252 g/mol. The van der Waals surface area contributed by atoms with Crippen LogP contribution in [0.1, 0.15) is 1.43 Å². The Hall–Kier alpha value is 1.85. The van der Waals surface area contributed by atoms with Gasteiger partial charge in [-0.1, -0.05) is 0 Å². The van der Waals surface area contributed by atoms with Gasteiger partial charge >= 0.3 is 79.3 Å². The zero-order chi connectivity index (χ0) is 4.50. The van der Waals surface area contributed by atoms with Crippen molar-refractivity contribution in [3.8, 4) is 0 Å². The van der Waals surface area contributed by atoms with Crippen LogP contribution in [-0.4, -0.2) is 17.5 Å². The predicted molar refractivity (Wildman–Crippen MR) is 17.8 cm³/mol. The molecule has 0 unspecified atom stereocenters. The molecule has 0 aliphatic rings. The van der Waals surface area contributed by atoms with E-state index in [4.69, 9.17) is 17.5 Å². The van der Waals surface area contributed by atoms with Crippen molar-refractivity contribution in [3.05, 3.63) is 0 Å². The summed E-state index contributed by atoms with van der Waals surface area (Å²) in [6.07, 6.45) is 0. The van der Waals surface area contributed by atoms with Crippen molar-refractivity contribution >= 4 is 10.4 Å². The third-order valence-corrected chi connectivity index (χ3v) is 0. The Bertz CT molecular complexity index is 99.2. The van der Waals surface area contributed by atoms with Gasteiger partial charge in [0.1, 0.15) is 0 Å². The molecule has 0 saturated heterocycles. The number of hydrogen-bond donors (Lipinski definition) is 2. The van der Waals surface area contributed by atoms with Crippen LogP contribution in [-0.2, 0) is 10.4 Å². The molecule has 0 bridgehead atoms. The van der Waals surface area contributed by atoms with E-state index in [0.717, 1.165) is 0 Å². The second-order valence-electron chi connectivity index (χ2n) is 0.448. The Balaban J connectivity index is -0.0000000267. The molecule has 0 heterocycles. The second kappa shape index (κ2) is 5.98. The standard InChI is InChI=1S/Cs.FH.H2O4S.H/c;;1-5(2,3)4;/h;1H;(H2,1,2,3,4);/q+1;;;-1. The number of halogens is 1. The summed E-state index contributed by atoms with van der Waals surface area (Å²) in [6, 6.07) is 0. The van der Waals surface area contributed by atoms with E-state index >= 15 is 0 Å². The van der Waals surface area contributed by atoms with Crippen molar-refractivity contribution in [1.29, 1.82) is 0 Å². The summed E-state index contributed by atoms with van der Waals surface area (Å²) in [7, 11) is -4.67. The van der Waals surface area contributed by atoms with Crippen LogP contribution in [0.4, 0.5) is 4.70 Å². The van der Waals surface area contributed by atoms with Gasteiger partial charge in [-0.2, -0.15) is 8.42 Å². The topological polar surface area (TPSA) is 74.6 Å². The van der Waals surface area contributed by atoms with Crippen LogP contribution in [0.2, 0.25) is 0 Å². The maximum atomic E-state index is 8.74. The van der Waals surface area contributed by atoms with Crippen molar-refractivity contribution in [2.24, 2.45) is 0 Å². The van der Waals surface area contributed by atoms with Gasteiger partial charge in [0, 0.05) is 0 Å². The second-order valence-corrected chi connectivity index (χ2v) is 1.34. The van der Waals surface area contributed by atoms with Gasteiger partial charge < -0.3 is 1.43 Å². The van der Waals surface area contributed by atoms with Gasteiger partial charge in [0.15, 0.2) is 0 Å². The van der Waals surface area contributed by atoms with Gasteiger partial charge in [0.25, 0.3) is 0 Å². The molecule has 0 saturated carbocycles. The van der Waals surface area contributed by atoms with E-state index in [0.29, 0.717) is 0 Å². The van der Waals surface area contributed by atoms with E-state index in [1.165, 1.54) is 0 Å². The summed E-state index contributed by atoms with van der Waals surface area (Å²) in [6.45, 7) is 0. The average molecular weight is 252 g/mol. The maximum absolute atomic E-state index is 8.74. The normalized spacial score (nSPS) is 8.29. The van der Waals surface area contributed by atoms with Gasteiger partial charge in [0.2, 0.25) is 0 Å². The Labute approximate surface area is 101 Å². The maximum Gasteiger partial charge on any atom is 1.00 e. The largest absolute Gasteiger partial charge is 1.00 e. The minimum atomic E-state index is -4.67. The molecule has 0 aliphatic carbocycles. The van der Waals surface area contributed by atoms with E-state index in [1.54, 1.807) is 0 Å². The molecule has 0 radical (unpaired) electrons. The molecule has 2 N–H and O–H groups in total. The minimum absolute atomic E-state index is 0. The van der Waals surface area contributed by atoms with Crippen molar-refractivity contribution < 1.29 is 92.5 Å². The van der Waals surface area contributed by atoms with Crippen LogP contribution in [0.15, 0.2) is 0 Å². The fourth-order valence-electron chi connectivity index (χ4n) is 0. The SMILES string of the molecule is F.O=S(=O)(O)O.[Cs+].[H-]. The van der Waals surface area contributed by atoms with Crippen LogP contribution >= 0.6 is 0 Å². The van der Waals surface area contributed by atoms with Gasteiger partial charge in [-0.15, -0.1) is 0 Å².